The largest absolute Gasteiger partial charge is 0.508 e. The van der Waals surface area contributed by atoms with E-state index in [0.29, 0.717) is 5.56 Å². The van der Waals surface area contributed by atoms with Gasteiger partial charge >= 0.3 is 6.09 Å². The van der Waals surface area contributed by atoms with Crippen molar-refractivity contribution in [1.82, 2.24) is 0 Å². The maximum absolute atomic E-state index is 10.4. The van der Waals surface area contributed by atoms with E-state index in [4.69, 9.17) is 15.9 Å². The number of hydrogen-bond acceptors (Lipinski definition) is 4. The smallest absolute Gasteiger partial charge is 0.405 e. The molecule has 76 valence electrons. The number of carbonyl (C=O) groups is 1. The van der Waals surface area contributed by atoms with Gasteiger partial charge in [-0.15, -0.1) is 0 Å². The highest BCUT2D eigenvalue weighted by atomic mass is 16.6. The molecule has 0 spiro atoms. The second kappa shape index (κ2) is 4.48. The highest BCUT2D eigenvalue weighted by molar-refractivity contribution is 5.65. The van der Waals surface area contributed by atoms with E-state index in [0.717, 1.165) is 0 Å². The third kappa shape index (κ3) is 2.63. The van der Waals surface area contributed by atoms with Crippen molar-refractivity contribution in [2.45, 2.75) is 6.10 Å². The van der Waals surface area contributed by atoms with Crippen molar-refractivity contribution in [3.8, 4) is 5.75 Å². The van der Waals surface area contributed by atoms with E-state index in [2.05, 4.69) is 4.74 Å². The number of aliphatic hydroxyl groups excluding tert-OH is 1. The van der Waals surface area contributed by atoms with Gasteiger partial charge in [-0.3, -0.25) is 0 Å². The standard InChI is InChI=1S/C9H11NO4/c10-9(13)14-8(5-11)6-1-3-7(12)4-2-6/h1-4,8,11-12H,5H2,(H2,10,13). The summed E-state index contributed by atoms with van der Waals surface area (Å²) in [5.41, 5.74) is 5.39. The monoisotopic (exact) mass is 197 g/mol. The molecular weight excluding hydrogens is 186 g/mol. The number of phenolic OH excluding ortho intramolecular Hbond substituents is 1. The van der Waals surface area contributed by atoms with E-state index in [-0.39, 0.29) is 12.4 Å². The molecule has 0 aliphatic heterocycles. The number of rotatable bonds is 3. The van der Waals surface area contributed by atoms with Crippen molar-refractivity contribution in [3.05, 3.63) is 29.8 Å². The zero-order chi connectivity index (χ0) is 10.6. The molecule has 1 rings (SSSR count). The lowest BCUT2D eigenvalue weighted by Crippen LogP contribution is -2.19. The van der Waals surface area contributed by atoms with Crippen molar-refractivity contribution < 1.29 is 19.7 Å². The lowest BCUT2D eigenvalue weighted by Gasteiger charge is -2.13. The summed E-state index contributed by atoms with van der Waals surface area (Å²) in [6.07, 6.45) is -1.73. The van der Waals surface area contributed by atoms with Gasteiger partial charge in [0.2, 0.25) is 0 Å². The van der Waals surface area contributed by atoms with Gasteiger partial charge in [0.05, 0.1) is 6.61 Å². The Morgan fingerprint density at radius 2 is 2.00 bits per heavy atom. The molecule has 0 saturated carbocycles. The number of carbonyl (C=O) groups excluding carboxylic acids is 1. The van der Waals surface area contributed by atoms with Crippen LogP contribution >= 0.6 is 0 Å². The number of hydrogen-bond donors (Lipinski definition) is 3. The Morgan fingerprint density at radius 3 is 2.43 bits per heavy atom. The minimum Gasteiger partial charge on any atom is -0.508 e. The maximum atomic E-state index is 10.4. The van der Waals surface area contributed by atoms with Gasteiger partial charge in [-0.2, -0.15) is 0 Å². The molecule has 0 aromatic heterocycles. The molecule has 1 aromatic carbocycles. The van der Waals surface area contributed by atoms with Crippen LogP contribution in [0.2, 0.25) is 0 Å². The molecule has 0 heterocycles. The van der Waals surface area contributed by atoms with Crippen LogP contribution in [0.25, 0.3) is 0 Å². The molecule has 1 unspecified atom stereocenters. The lowest BCUT2D eigenvalue weighted by atomic mass is 10.1. The Labute approximate surface area is 80.7 Å². The van der Waals surface area contributed by atoms with Crippen LogP contribution in [0.3, 0.4) is 0 Å². The maximum Gasteiger partial charge on any atom is 0.405 e. The third-order valence-electron chi connectivity index (χ3n) is 1.69. The van der Waals surface area contributed by atoms with Crippen LogP contribution in [0.4, 0.5) is 4.79 Å². The Hall–Kier alpha value is -1.75. The zero-order valence-corrected chi connectivity index (χ0v) is 7.38. The summed E-state index contributed by atoms with van der Waals surface area (Å²) in [6.45, 7) is -0.353. The molecule has 5 nitrogen and oxygen atoms in total. The van der Waals surface area contributed by atoms with E-state index >= 15 is 0 Å². The number of amides is 1. The normalized spacial score (nSPS) is 12.1. The molecule has 0 radical (unpaired) electrons. The third-order valence-corrected chi connectivity index (χ3v) is 1.69. The zero-order valence-electron chi connectivity index (χ0n) is 7.38. The molecule has 5 heteroatoms. The van der Waals surface area contributed by atoms with Gasteiger partial charge in [0.15, 0.2) is 6.10 Å². The number of phenols is 1. The molecule has 1 aromatic rings. The fraction of sp³-hybridized carbons (Fsp3) is 0.222. The van der Waals surface area contributed by atoms with Gasteiger partial charge in [-0.25, -0.2) is 4.79 Å². The summed E-state index contributed by atoms with van der Waals surface area (Å²) < 4.78 is 4.63. The predicted molar refractivity (Wildman–Crippen MR) is 48.6 cm³/mol. The van der Waals surface area contributed by atoms with Crippen LogP contribution in [-0.2, 0) is 4.74 Å². The fourth-order valence-corrected chi connectivity index (χ4v) is 1.04. The van der Waals surface area contributed by atoms with Gasteiger partial charge in [-0.1, -0.05) is 12.1 Å². The van der Waals surface area contributed by atoms with Gasteiger partial charge in [0.1, 0.15) is 5.75 Å². The van der Waals surface area contributed by atoms with Crippen molar-refractivity contribution in [3.63, 3.8) is 0 Å². The topological polar surface area (TPSA) is 92.8 Å². The van der Waals surface area contributed by atoms with E-state index in [1.54, 1.807) is 12.1 Å². The quantitative estimate of drug-likeness (QED) is 0.658. The molecule has 0 aliphatic carbocycles. The number of nitrogens with two attached hydrogens (primary N) is 1. The van der Waals surface area contributed by atoms with Crippen molar-refractivity contribution in [2.24, 2.45) is 5.73 Å². The molecule has 0 aliphatic rings. The molecule has 0 fully saturated rings. The van der Waals surface area contributed by atoms with Gasteiger partial charge in [-0.05, 0) is 17.7 Å². The highest BCUT2D eigenvalue weighted by Gasteiger charge is 2.13. The first-order valence-corrected chi connectivity index (χ1v) is 3.99. The van der Waals surface area contributed by atoms with Crippen LogP contribution in [0.15, 0.2) is 24.3 Å². The Balaban J connectivity index is 2.78. The Morgan fingerprint density at radius 1 is 1.43 bits per heavy atom. The first-order chi connectivity index (χ1) is 6.63. The average Bonchev–Trinajstić information content (AvgIpc) is 2.15. The number of ether oxygens (including phenoxy) is 1. The van der Waals surface area contributed by atoms with Crippen molar-refractivity contribution in [2.75, 3.05) is 6.61 Å². The minimum atomic E-state index is -0.947. The summed E-state index contributed by atoms with van der Waals surface area (Å²) >= 11 is 0. The number of primary amides is 1. The van der Waals surface area contributed by atoms with E-state index < -0.39 is 12.2 Å². The van der Waals surface area contributed by atoms with E-state index in [1.807, 2.05) is 0 Å². The second-order valence-electron chi connectivity index (χ2n) is 2.70. The molecule has 1 atom stereocenters. The SMILES string of the molecule is NC(=O)OC(CO)c1ccc(O)cc1. The lowest BCUT2D eigenvalue weighted by molar-refractivity contribution is 0.0633. The van der Waals surface area contributed by atoms with Gasteiger partial charge < -0.3 is 20.7 Å². The first kappa shape index (κ1) is 10.3. The number of benzene rings is 1. The van der Waals surface area contributed by atoms with E-state index in [1.165, 1.54) is 12.1 Å². The molecule has 0 saturated heterocycles. The second-order valence-corrected chi connectivity index (χ2v) is 2.70. The van der Waals surface area contributed by atoms with Crippen LogP contribution in [0.5, 0.6) is 5.75 Å². The van der Waals surface area contributed by atoms with E-state index in [9.17, 15) is 4.79 Å². The Kier molecular flexibility index (Phi) is 3.30. The fourth-order valence-electron chi connectivity index (χ4n) is 1.04. The summed E-state index contributed by atoms with van der Waals surface area (Å²) in [6, 6.07) is 5.95. The molecule has 0 bridgehead atoms. The number of aromatic hydroxyl groups is 1. The van der Waals surface area contributed by atoms with Gasteiger partial charge in [0, 0.05) is 0 Å². The van der Waals surface area contributed by atoms with Crippen LogP contribution in [-0.4, -0.2) is 22.9 Å². The summed E-state index contributed by atoms with van der Waals surface area (Å²) in [5, 5.41) is 17.9. The summed E-state index contributed by atoms with van der Waals surface area (Å²) in [4.78, 5) is 10.4. The van der Waals surface area contributed by atoms with Crippen molar-refractivity contribution in [1.29, 1.82) is 0 Å². The Bertz CT molecular complexity index is 309. The number of aliphatic hydroxyl groups is 1. The molecule has 14 heavy (non-hydrogen) atoms. The van der Waals surface area contributed by atoms with Crippen molar-refractivity contribution >= 4 is 6.09 Å². The van der Waals surface area contributed by atoms with Crippen LogP contribution in [0, 0.1) is 0 Å². The van der Waals surface area contributed by atoms with Gasteiger partial charge in [0.25, 0.3) is 0 Å². The predicted octanol–water partition coefficient (Wildman–Crippen LogP) is 0.521. The van der Waals surface area contributed by atoms with Crippen LogP contribution in [0.1, 0.15) is 11.7 Å². The highest BCUT2D eigenvalue weighted by Crippen LogP contribution is 2.19. The first-order valence-electron chi connectivity index (χ1n) is 3.99. The summed E-state index contributed by atoms with van der Waals surface area (Å²) in [7, 11) is 0. The summed E-state index contributed by atoms with van der Waals surface area (Å²) in [5.74, 6) is 0.101. The molecule has 4 N–H and O–H groups in total. The molecular formula is C9H11NO4. The average molecular weight is 197 g/mol. The van der Waals surface area contributed by atoms with Crippen LogP contribution < -0.4 is 5.73 Å². The minimum absolute atomic E-state index is 0.101. The molecule has 1 amide bonds.